The van der Waals surface area contributed by atoms with Crippen LogP contribution in [0.4, 0.5) is 0 Å². The van der Waals surface area contributed by atoms with Crippen molar-refractivity contribution in [1.29, 1.82) is 0 Å². The van der Waals surface area contributed by atoms with Gasteiger partial charge >= 0.3 is 5.97 Å². The van der Waals surface area contributed by atoms with E-state index in [-0.39, 0.29) is 31.3 Å². The van der Waals surface area contributed by atoms with Crippen LogP contribution in [0.5, 0.6) is 0 Å². The van der Waals surface area contributed by atoms with Crippen molar-refractivity contribution in [2.24, 2.45) is 0 Å². The first-order valence-electron chi connectivity index (χ1n) is 26.3. The van der Waals surface area contributed by atoms with Crippen LogP contribution in [0.2, 0.25) is 0 Å². The van der Waals surface area contributed by atoms with Crippen LogP contribution in [-0.2, 0) is 27.9 Å². The van der Waals surface area contributed by atoms with Crippen LogP contribution in [0.3, 0.4) is 0 Å². The van der Waals surface area contributed by atoms with Gasteiger partial charge in [-0.2, -0.15) is 0 Å². The van der Waals surface area contributed by atoms with Gasteiger partial charge in [-0.3, -0.25) is 14.2 Å². The highest BCUT2D eigenvalue weighted by Gasteiger charge is 2.27. The molecule has 65 heavy (non-hydrogen) atoms. The molecule has 0 aliphatic carbocycles. The summed E-state index contributed by atoms with van der Waals surface area (Å²) in [5, 5.41) is 2.96. The molecule has 3 unspecified atom stereocenters. The van der Waals surface area contributed by atoms with E-state index in [9.17, 15) is 19.0 Å². The van der Waals surface area contributed by atoms with Crippen LogP contribution in [0.15, 0.2) is 72.9 Å². The second-order valence-electron chi connectivity index (χ2n) is 18.7. The average Bonchev–Trinajstić information content (AvgIpc) is 3.26. The molecule has 0 fully saturated rings. The molecule has 0 aliphatic rings. The lowest BCUT2D eigenvalue weighted by Gasteiger charge is -2.30. The number of esters is 1. The van der Waals surface area contributed by atoms with Crippen LogP contribution in [0.1, 0.15) is 213 Å². The Morgan fingerprint density at radius 3 is 1.62 bits per heavy atom. The molecule has 376 valence electrons. The third-order valence-corrected chi connectivity index (χ3v) is 12.2. The van der Waals surface area contributed by atoms with Crippen molar-refractivity contribution in [2.45, 2.75) is 226 Å². The molecule has 0 aromatic carbocycles. The predicted octanol–water partition coefficient (Wildman–Crippen LogP) is 14.7. The van der Waals surface area contributed by atoms with E-state index < -0.39 is 26.6 Å². The largest absolute Gasteiger partial charge is 0.756 e. The van der Waals surface area contributed by atoms with Crippen LogP contribution < -0.4 is 10.2 Å². The number of nitrogens with zero attached hydrogens (tertiary/aromatic N) is 1. The summed E-state index contributed by atoms with van der Waals surface area (Å²) >= 11 is 0. The van der Waals surface area contributed by atoms with Gasteiger partial charge in [-0.1, -0.05) is 203 Å². The number of phosphoric acid groups is 1. The van der Waals surface area contributed by atoms with Crippen LogP contribution in [0.25, 0.3) is 0 Å². The van der Waals surface area contributed by atoms with Gasteiger partial charge in [0.1, 0.15) is 19.3 Å². The van der Waals surface area contributed by atoms with Gasteiger partial charge < -0.3 is 28.5 Å². The van der Waals surface area contributed by atoms with Gasteiger partial charge in [-0.05, 0) is 70.3 Å². The maximum Gasteiger partial charge on any atom is 0.306 e. The van der Waals surface area contributed by atoms with Gasteiger partial charge in [-0.25, -0.2) is 0 Å². The summed E-state index contributed by atoms with van der Waals surface area (Å²) in [4.78, 5) is 39.6. The van der Waals surface area contributed by atoms with Crippen molar-refractivity contribution < 1.29 is 37.3 Å². The highest BCUT2D eigenvalue weighted by Crippen LogP contribution is 2.38. The van der Waals surface area contributed by atoms with Gasteiger partial charge in [0.25, 0.3) is 7.82 Å². The number of rotatable bonds is 46. The average molecular weight is 931 g/mol. The molecular formula is C55H99N2O7P. The third-order valence-electron chi connectivity index (χ3n) is 11.2. The molecule has 0 aromatic rings. The minimum Gasteiger partial charge on any atom is -0.756 e. The Kier molecular flexibility index (Phi) is 43.5. The third kappa shape index (κ3) is 46.4. The van der Waals surface area contributed by atoms with E-state index in [1.54, 1.807) is 6.08 Å². The molecule has 10 heteroatoms. The first-order chi connectivity index (χ1) is 31.4. The second-order valence-corrected chi connectivity index (χ2v) is 20.1. The molecular weight excluding hydrogens is 832 g/mol. The van der Waals surface area contributed by atoms with E-state index in [2.05, 4.69) is 74.7 Å². The quantitative estimate of drug-likeness (QED) is 0.0161. The molecule has 0 aliphatic heterocycles. The summed E-state index contributed by atoms with van der Waals surface area (Å²) in [5.41, 5.74) is 0. The Balaban J connectivity index is 5.56. The molecule has 0 heterocycles. The molecule has 1 amide bonds. The maximum atomic E-state index is 13.4. The zero-order valence-electron chi connectivity index (χ0n) is 42.7. The van der Waals surface area contributed by atoms with Crippen molar-refractivity contribution in [2.75, 3.05) is 40.9 Å². The smallest absolute Gasteiger partial charge is 0.306 e. The fourth-order valence-corrected chi connectivity index (χ4v) is 7.82. The number of quaternary nitrogens is 1. The Hall–Kier alpha value is -2.55. The summed E-state index contributed by atoms with van der Waals surface area (Å²) in [6.07, 6.45) is 56.0. The summed E-state index contributed by atoms with van der Waals surface area (Å²) in [5.74, 6) is -0.648. The monoisotopic (exact) mass is 931 g/mol. The lowest BCUT2D eigenvalue weighted by molar-refractivity contribution is -0.870. The predicted molar refractivity (Wildman–Crippen MR) is 275 cm³/mol. The van der Waals surface area contributed by atoms with Gasteiger partial charge in [-0.15, -0.1) is 0 Å². The second kappa shape index (κ2) is 45.2. The van der Waals surface area contributed by atoms with Crippen LogP contribution in [-0.4, -0.2) is 69.4 Å². The Bertz CT molecular complexity index is 1350. The van der Waals surface area contributed by atoms with Crippen LogP contribution in [0, 0.1) is 0 Å². The van der Waals surface area contributed by atoms with Crippen molar-refractivity contribution in [3.8, 4) is 0 Å². The minimum atomic E-state index is -4.71. The molecule has 0 rings (SSSR count). The number of unbranched alkanes of at least 4 members (excludes halogenated alkanes) is 22. The molecule has 3 atom stereocenters. The van der Waals surface area contributed by atoms with Crippen molar-refractivity contribution in [1.82, 2.24) is 5.32 Å². The number of hydrogen-bond donors (Lipinski definition) is 1. The van der Waals surface area contributed by atoms with Gasteiger partial charge in [0.15, 0.2) is 0 Å². The summed E-state index contributed by atoms with van der Waals surface area (Å²) in [6.45, 7) is 6.62. The highest BCUT2D eigenvalue weighted by molar-refractivity contribution is 7.45. The summed E-state index contributed by atoms with van der Waals surface area (Å²) in [6, 6.07) is -0.927. The number of phosphoric ester groups is 1. The zero-order valence-corrected chi connectivity index (χ0v) is 43.6. The molecule has 0 spiro atoms. The zero-order chi connectivity index (χ0) is 48.0. The minimum absolute atomic E-state index is 0.0376. The van der Waals surface area contributed by atoms with Crippen molar-refractivity contribution in [3.05, 3.63) is 72.9 Å². The van der Waals surface area contributed by atoms with Crippen molar-refractivity contribution in [3.63, 3.8) is 0 Å². The lowest BCUT2D eigenvalue weighted by atomic mass is 10.0. The van der Waals surface area contributed by atoms with E-state index >= 15 is 0 Å². The Labute approximate surface area is 400 Å². The maximum absolute atomic E-state index is 13.4. The Morgan fingerprint density at radius 2 is 1.06 bits per heavy atom. The van der Waals surface area contributed by atoms with E-state index in [1.165, 1.54) is 96.3 Å². The topological polar surface area (TPSA) is 114 Å². The SMILES string of the molecule is CC/C=C/C=C/C=C\CCCCCCCC(=O)OC(/C=C/CCCCCCCCCCCCC)C(COP(=O)([O-])OCC[N+](C)(C)C)NC(=O)CC/C=C/C/C=C\CCCCCCCC. The molecule has 1 N–H and O–H groups in total. The van der Waals surface area contributed by atoms with Crippen LogP contribution >= 0.6 is 7.82 Å². The van der Waals surface area contributed by atoms with Gasteiger partial charge in [0.2, 0.25) is 5.91 Å². The van der Waals surface area contributed by atoms with E-state index in [0.717, 1.165) is 70.6 Å². The first kappa shape index (κ1) is 62.4. The number of hydrogen-bond acceptors (Lipinski definition) is 7. The number of carbonyl (C=O) groups excluding carboxylic acids is 2. The summed E-state index contributed by atoms with van der Waals surface area (Å²) in [7, 11) is 1.13. The van der Waals surface area contributed by atoms with E-state index in [4.69, 9.17) is 13.8 Å². The number of allylic oxidation sites excluding steroid dienone is 11. The first-order valence-corrected chi connectivity index (χ1v) is 27.7. The number of likely N-dealkylation sites (N-methyl/N-ethyl adjacent to an activating group) is 1. The normalized spacial score (nSPS) is 14.5. The molecule has 0 saturated carbocycles. The molecule has 0 saturated heterocycles. The Morgan fingerprint density at radius 1 is 0.569 bits per heavy atom. The number of carbonyl (C=O) groups is 2. The van der Waals surface area contributed by atoms with Gasteiger partial charge in [0.05, 0.1) is 33.8 Å². The summed E-state index contributed by atoms with van der Waals surface area (Å²) < 4.78 is 30.1. The van der Waals surface area contributed by atoms with E-state index in [0.29, 0.717) is 23.9 Å². The van der Waals surface area contributed by atoms with Crippen molar-refractivity contribution >= 4 is 19.7 Å². The number of amides is 1. The highest BCUT2D eigenvalue weighted by atomic mass is 31.2. The van der Waals surface area contributed by atoms with E-state index in [1.807, 2.05) is 39.4 Å². The van der Waals surface area contributed by atoms with Gasteiger partial charge in [0, 0.05) is 12.8 Å². The fraction of sp³-hybridized carbons (Fsp3) is 0.745. The fourth-order valence-electron chi connectivity index (χ4n) is 7.10. The standard InChI is InChI=1S/C55H99N2O7P/c1-7-10-13-16-19-22-25-28-31-34-37-40-43-46-53(64-55(59)48-45-42-39-36-33-30-27-24-21-18-15-12-9-3)52(51-63-65(60,61)62-50-49-57(4,5)6)56-54(58)47-44-41-38-35-32-29-26-23-20-17-14-11-8-2/h12,15,18,21,24,27,29,32,38,41,43,46,52-53H,7-11,13-14,16-17,19-20,22-23,25-26,28,30-31,33-37,39-40,42,44-45,47-51H2,1-6H3,(H-,56,58,60,61)/b15-12+,21-18+,27-24-,32-29-,41-38+,46-43+. The molecule has 0 aromatic heterocycles. The number of ether oxygens (including phenoxy) is 1. The number of nitrogens with one attached hydrogen (secondary N) is 1. The lowest BCUT2D eigenvalue weighted by Crippen LogP contribution is -2.47. The molecule has 9 nitrogen and oxygen atoms in total. The molecule has 0 bridgehead atoms. The molecule has 0 radical (unpaired) electrons.